The maximum Gasteiger partial charge on any atom is 5.00 e. The minimum Gasteiger partial charge on any atom is -1.00 e. The maximum atomic E-state index is 10.2. The summed E-state index contributed by atoms with van der Waals surface area (Å²) in [5, 5.41) is 0. The third kappa shape index (κ3) is 15400. The van der Waals surface area contributed by atoms with Crippen LogP contribution in [0.25, 0.3) is 0 Å². The summed E-state index contributed by atoms with van der Waals surface area (Å²) in [5.74, 6) is 0. The topological polar surface area (TPSA) is 54.4 Å². The van der Waals surface area contributed by atoms with Gasteiger partial charge in [-0.25, -0.2) is 0 Å². The first-order valence-corrected chi connectivity index (χ1v) is 2.01. The van der Waals surface area contributed by atoms with Crippen molar-refractivity contribution in [1.82, 2.24) is 0 Å². The van der Waals surface area contributed by atoms with Gasteiger partial charge in [-0.2, -0.15) is 8.42 Å². The molecule has 0 saturated heterocycles. The average molecular weight is 337 g/mol. The molecule has 1 N–H and O–H groups in total. The SMILES string of the molecule is F.O=S(=O)(O)F.[F-].[F-].[F-].[F-].[F-].[Sb+5]. The van der Waals surface area contributed by atoms with Crippen LogP contribution in [0.4, 0.5) is 8.59 Å². The van der Waals surface area contributed by atoms with E-state index in [4.69, 9.17) is 13.0 Å². The van der Waals surface area contributed by atoms with Crippen molar-refractivity contribution >= 4 is 34.9 Å². The van der Waals surface area contributed by atoms with Crippen LogP contribution in [-0.2, 0) is 10.5 Å². The number of hydrogen-bond donors (Lipinski definition) is 1. The van der Waals surface area contributed by atoms with E-state index in [2.05, 4.69) is 0 Å². The molecule has 0 aliphatic rings. The number of halogens is 7. The molecule has 0 amide bonds. The van der Waals surface area contributed by atoms with Gasteiger partial charge in [0.2, 0.25) is 0 Å². The second-order valence-electron chi connectivity index (χ2n) is 0.412. The average Bonchev–Trinajstić information content (AvgIpc) is 0.722. The molecule has 0 bridgehead atoms. The van der Waals surface area contributed by atoms with Crippen LogP contribution in [0, 0.1) is 0 Å². The van der Waals surface area contributed by atoms with Crippen molar-refractivity contribution in [3.8, 4) is 0 Å². The summed E-state index contributed by atoms with van der Waals surface area (Å²) in [6.45, 7) is 0. The summed E-state index contributed by atoms with van der Waals surface area (Å²) < 4.78 is 34.1. The van der Waals surface area contributed by atoms with Crippen molar-refractivity contribution < 1.29 is 45.1 Å². The van der Waals surface area contributed by atoms with Gasteiger partial charge in [0.1, 0.15) is 0 Å². The molecule has 0 aromatic heterocycles. The van der Waals surface area contributed by atoms with E-state index >= 15 is 0 Å². The van der Waals surface area contributed by atoms with Gasteiger partial charge in [-0.05, 0) is 0 Å². The molecular formula is H2F7O3SSb. The number of hydrogen-bond acceptors (Lipinski definition) is 2. The zero-order valence-electron chi connectivity index (χ0n) is 4.80. The summed E-state index contributed by atoms with van der Waals surface area (Å²) in [4.78, 5) is 0. The van der Waals surface area contributed by atoms with Gasteiger partial charge in [0.25, 0.3) is 0 Å². The van der Waals surface area contributed by atoms with E-state index in [1.54, 1.807) is 0 Å². The third-order valence-corrected chi connectivity index (χ3v) is 0. The van der Waals surface area contributed by atoms with Gasteiger partial charge in [0, 0.05) is 0 Å². The van der Waals surface area contributed by atoms with Crippen LogP contribution < -0.4 is 23.5 Å². The fraction of sp³-hybridized carbons (Fsp3) is 0. The van der Waals surface area contributed by atoms with Gasteiger partial charge in [0.15, 0.2) is 0 Å². The molecule has 0 fully saturated rings. The Morgan fingerprint density at radius 3 is 0.917 bits per heavy atom. The van der Waals surface area contributed by atoms with Crippen LogP contribution in [0.1, 0.15) is 0 Å². The zero-order valence-corrected chi connectivity index (χ0v) is 8.16. The minimum absolute atomic E-state index is 0. The molecule has 80 valence electrons. The summed E-state index contributed by atoms with van der Waals surface area (Å²) in [5.41, 5.74) is 0. The maximum absolute atomic E-state index is 10.2. The molecule has 0 heterocycles. The Labute approximate surface area is 80.4 Å². The molecule has 0 aliphatic carbocycles. The van der Waals surface area contributed by atoms with E-state index in [-0.39, 0.29) is 52.7 Å². The molecule has 0 unspecified atom stereocenters. The van der Waals surface area contributed by atoms with E-state index < -0.39 is 10.5 Å². The Bertz CT molecular complexity index is 102. The van der Waals surface area contributed by atoms with Crippen LogP contribution in [0.5, 0.6) is 0 Å². The van der Waals surface area contributed by atoms with E-state index in [0.29, 0.717) is 0 Å². The first-order valence-electron chi connectivity index (χ1n) is 0.670. The van der Waals surface area contributed by atoms with Crippen LogP contribution in [0.15, 0.2) is 0 Å². The summed E-state index contributed by atoms with van der Waals surface area (Å²) >= 11 is 0. The molecule has 3 nitrogen and oxygen atoms in total. The molecule has 0 atom stereocenters. The first kappa shape index (κ1) is 86.0. The molecule has 0 aromatic carbocycles. The molecule has 0 aromatic rings. The summed E-state index contributed by atoms with van der Waals surface area (Å²) in [6.07, 6.45) is 0. The Morgan fingerprint density at radius 2 is 0.917 bits per heavy atom. The van der Waals surface area contributed by atoms with E-state index in [1.807, 2.05) is 0 Å². The van der Waals surface area contributed by atoms with Crippen molar-refractivity contribution in [1.29, 1.82) is 0 Å². The smallest absolute Gasteiger partial charge is 1.00 e. The second kappa shape index (κ2) is 30.3. The molecule has 12 heavy (non-hydrogen) atoms. The Balaban J connectivity index is -0.00000000381. The molecule has 0 spiro atoms. The monoisotopic (exact) mass is 336 g/mol. The van der Waals surface area contributed by atoms with Crippen molar-refractivity contribution in [2.45, 2.75) is 0 Å². The molecular weight excluding hydrogens is 335 g/mol. The second-order valence-corrected chi connectivity index (χ2v) is 1.24. The van der Waals surface area contributed by atoms with Gasteiger partial charge < -0.3 is 23.5 Å². The van der Waals surface area contributed by atoms with Crippen LogP contribution in [-0.4, -0.2) is 37.4 Å². The Kier molecular flexibility index (Phi) is 217. The summed E-state index contributed by atoms with van der Waals surface area (Å²) in [6, 6.07) is 0. The molecule has 12 heteroatoms. The largest absolute Gasteiger partial charge is 5.00 e. The predicted octanol–water partition coefficient (Wildman–Crippen LogP) is -15.4. The zero-order chi connectivity index (χ0) is 4.50. The van der Waals surface area contributed by atoms with Crippen molar-refractivity contribution in [3.05, 3.63) is 0 Å². The van der Waals surface area contributed by atoms with Crippen LogP contribution >= 0.6 is 0 Å². The van der Waals surface area contributed by atoms with E-state index in [1.165, 1.54) is 0 Å². The standard InChI is InChI=1S/FHO3S.6FH.Sb/c1-5(2,3)4;;;;;;;/h(H,2,3,4);6*1H;/q;;;;;;;+5/p-5. The fourth-order valence-electron chi connectivity index (χ4n) is 0. The van der Waals surface area contributed by atoms with Crippen molar-refractivity contribution in [2.75, 3.05) is 0 Å². The Morgan fingerprint density at radius 1 is 0.917 bits per heavy atom. The van der Waals surface area contributed by atoms with Crippen LogP contribution in [0.2, 0.25) is 0 Å². The van der Waals surface area contributed by atoms with Gasteiger partial charge in [0.05, 0.1) is 0 Å². The predicted molar refractivity (Wildman–Crippen MR) is 20.9 cm³/mol. The van der Waals surface area contributed by atoms with Gasteiger partial charge in [-0.1, -0.05) is 3.89 Å². The molecule has 0 rings (SSSR count). The normalized spacial score (nSPS) is 4.83. The van der Waals surface area contributed by atoms with Gasteiger partial charge in [-0.3, -0.25) is 9.26 Å². The van der Waals surface area contributed by atoms with Crippen molar-refractivity contribution in [2.24, 2.45) is 0 Å². The van der Waals surface area contributed by atoms with E-state index in [0.717, 1.165) is 0 Å². The van der Waals surface area contributed by atoms with E-state index in [9.17, 15) is 3.89 Å². The Hall–Kier alpha value is 0.238. The fourth-order valence-corrected chi connectivity index (χ4v) is 0. The quantitative estimate of drug-likeness (QED) is 0.207. The molecule has 0 radical (unpaired) electrons. The molecule has 0 saturated carbocycles. The van der Waals surface area contributed by atoms with Gasteiger partial charge in [-0.15, -0.1) is 0 Å². The third-order valence-electron chi connectivity index (χ3n) is 0. The van der Waals surface area contributed by atoms with Gasteiger partial charge >= 0.3 is 34.9 Å². The summed E-state index contributed by atoms with van der Waals surface area (Å²) in [7, 11) is -5.17. The van der Waals surface area contributed by atoms with Crippen LogP contribution in [0.3, 0.4) is 0 Å². The molecule has 0 aliphatic heterocycles. The number of rotatable bonds is 0. The minimum atomic E-state index is -5.17. The first-order chi connectivity index (χ1) is 2.00. The van der Waals surface area contributed by atoms with Crippen molar-refractivity contribution in [3.63, 3.8) is 0 Å².